The Kier molecular flexibility index (Phi) is 5.63. The molecule has 3 rings (SSSR count). The molecule has 1 amide bonds. The molecule has 0 aliphatic carbocycles. The average Bonchev–Trinajstić information content (AvgIpc) is 3.17. The summed E-state index contributed by atoms with van der Waals surface area (Å²) in [5.41, 5.74) is 3.01. The molecule has 1 aromatic heterocycles. The molecule has 6 nitrogen and oxygen atoms in total. The van der Waals surface area contributed by atoms with Gasteiger partial charge in [0.05, 0.1) is 17.5 Å². The van der Waals surface area contributed by atoms with Gasteiger partial charge in [-0.2, -0.15) is 5.10 Å². The number of anilines is 1. The van der Waals surface area contributed by atoms with Gasteiger partial charge in [0.1, 0.15) is 10.0 Å². The number of carbonyl (C=O) groups excluding carboxylic acids is 1. The highest BCUT2D eigenvalue weighted by Crippen LogP contribution is 2.22. The van der Waals surface area contributed by atoms with Crippen molar-refractivity contribution in [3.05, 3.63) is 83.0 Å². The Labute approximate surface area is 159 Å². The summed E-state index contributed by atoms with van der Waals surface area (Å²) in [6.07, 6.45) is 1.29. The van der Waals surface area contributed by atoms with Crippen molar-refractivity contribution in [2.45, 2.75) is 4.21 Å². The van der Waals surface area contributed by atoms with Crippen LogP contribution in [0, 0.1) is 5.82 Å². The average molecular weight is 403 g/mol. The van der Waals surface area contributed by atoms with Gasteiger partial charge in [0.25, 0.3) is 15.9 Å². The quantitative estimate of drug-likeness (QED) is 0.488. The van der Waals surface area contributed by atoms with Gasteiger partial charge in [-0.25, -0.2) is 18.2 Å². The number of amides is 1. The predicted octanol–water partition coefficient (Wildman–Crippen LogP) is 3.45. The minimum Gasteiger partial charge on any atom is -0.278 e. The molecule has 0 saturated carbocycles. The minimum absolute atomic E-state index is 0.106. The summed E-state index contributed by atoms with van der Waals surface area (Å²) in [6, 6.07) is 15.0. The van der Waals surface area contributed by atoms with E-state index in [-0.39, 0.29) is 15.5 Å². The molecule has 0 fully saturated rings. The van der Waals surface area contributed by atoms with Gasteiger partial charge in [0.2, 0.25) is 0 Å². The van der Waals surface area contributed by atoms with E-state index in [0.717, 1.165) is 11.3 Å². The summed E-state index contributed by atoms with van der Waals surface area (Å²) in [5, 5.41) is 5.43. The summed E-state index contributed by atoms with van der Waals surface area (Å²) in [6.45, 7) is 0. The molecule has 2 aromatic carbocycles. The molecule has 3 aromatic rings. The Balaban J connectivity index is 1.76. The van der Waals surface area contributed by atoms with Crippen LogP contribution in [-0.2, 0) is 10.0 Å². The first-order valence-corrected chi connectivity index (χ1v) is 10.1. The van der Waals surface area contributed by atoms with E-state index in [0.29, 0.717) is 5.56 Å². The second-order valence-corrected chi connectivity index (χ2v) is 8.19. The Morgan fingerprint density at radius 2 is 1.89 bits per heavy atom. The van der Waals surface area contributed by atoms with Gasteiger partial charge in [0.15, 0.2) is 0 Å². The summed E-state index contributed by atoms with van der Waals surface area (Å²) in [4.78, 5) is 12.4. The first-order chi connectivity index (χ1) is 13.0. The first-order valence-electron chi connectivity index (χ1n) is 7.70. The molecule has 9 heteroatoms. The van der Waals surface area contributed by atoms with E-state index in [4.69, 9.17) is 0 Å². The molecule has 0 saturated heterocycles. The minimum atomic E-state index is -3.79. The fraction of sp³-hybridized carbons (Fsp3) is 0. The van der Waals surface area contributed by atoms with Crippen LogP contribution in [0.4, 0.5) is 10.1 Å². The number of nitrogens with zero attached hydrogens (tertiary/aromatic N) is 1. The molecule has 0 bridgehead atoms. The van der Waals surface area contributed by atoms with Crippen LogP contribution >= 0.6 is 11.3 Å². The van der Waals surface area contributed by atoms with E-state index < -0.39 is 21.7 Å². The van der Waals surface area contributed by atoms with Gasteiger partial charge in [0, 0.05) is 0 Å². The number of benzene rings is 2. The Morgan fingerprint density at radius 3 is 2.63 bits per heavy atom. The molecule has 0 aliphatic rings. The number of nitrogens with one attached hydrogen (secondary N) is 2. The summed E-state index contributed by atoms with van der Waals surface area (Å²) >= 11 is 1.07. The van der Waals surface area contributed by atoms with E-state index >= 15 is 0 Å². The van der Waals surface area contributed by atoms with Crippen molar-refractivity contribution in [3.8, 4) is 0 Å². The zero-order valence-electron chi connectivity index (χ0n) is 13.8. The Bertz CT molecular complexity index is 1080. The van der Waals surface area contributed by atoms with E-state index in [9.17, 15) is 17.6 Å². The van der Waals surface area contributed by atoms with Gasteiger partial charge in [-0.3, -0.25) is 9.52 Å². The molecule has 2 N–H and O–H groups in total. The predicted molar refractivity (Wildman–Crippen MR) is 103 cm³/mol. The van der Waals surface area contributed by atoms with Crippen molar-refractivity contribution in [1.82, 2.24) is 5.43 Å². The van der Waals surface area contributed by atoms with Crippen molar-refractivity contribution in [1.29, 1.82) is 0 Å². The van der Waals surface area contributed by atoms with Gasteiger partial charge >= 0.3 is 0 Å². The highest BCUT2D eigenvalue weighted by molar-refractivity contribution is 7.94. The molecule has 1 heterocycles. The monoisotopic (exact) mass is 403 g/mol. The lowest BCUT2D eigenvalue weighted by Gasteiger charge is -2.10. The van der Waals surface area contributed by atoms with Crippen LogP contribution in [0.2, 0.25) is 0 Å². The number of halogens is 1. The molecule has 0 radical (unpaired) electrons. The maximum Gasteiger partial charge on any atom is 0.273 e. The van der Waals surface area contributed by atoms with Gasteiger partial charge < -0.3 is 0 Å². The first kappa shape index (κ1) is 18.7. The molecule has 0 aliphatic heterocycles. The zero-order chi connectivity index (χ0) is 19.3. The number of sulfonamides is 1. The second-order valence-electron chi connectivity index (χ2n) is 5.34. The maximum atomic E-state index is 13.1. The number of rotatable bonds is 6. The van der Waals surface area contributed by atoms with Gasteiger partial charge in [-0.1, -0.05) is 30.3 Å². The van der Waals surface area contributed by atoms with Crippen molar-refractivity contribution in [2.75, 3.05) is 4.72 Å². The Hall–Kier alpha value is -3.04. The fourth-order valence-corrected chi connectivity index (χ4v) is 4.27. The number of carbonyl (C=O) groups is 1. The highest BCUT2D eigenvalue weighted by atomic mass is 32.2. The van der Waals surface area contributed by atoms with E-state index in [2.05, 4.69) is 15.2 Å². The molecular formula is C18H14FN3O3S2. The summed E-state index contributed by atoms with van der Waals surface area (Å²) in [5.74, 6) is -1.02. The smallest absolute Gasteiger partial charge is 0.273 e. The highest BCUT2D eigenvalue weighted by Gasteiger charge is 2.19. The summed E-state index contributed by atoms with van der Waals surface area (Å²) < 4.78 is 40.4. The van der Waals surface area contributed by atoms with E-state index in [1.807, 2.05) is 0 Å². The summed E-state index contributed by atoms with van der Waals surface area (Å²) in [7, 11) is -3.79. The molecule has 0 atom stereocenters. The lowest BCUT2D eigenvalue weighted by Crippen LogP contribution is -2.21. The van der Waals surface area contributed by atoms with Crippen molar-refractivity contribution in [3.63, 3.8) is 0 Å². The third kappa shape index (κ3) is 4.78. The number of thiophene rings is 1. The van der Waals surface area contributed by atoms with Crippen molar-refractivity contribution >= 4 is 39.2 Å². The van der Waals surface area contributed by atoms with Crippen LogP contribution in [0.25, 0.3) is 0 Å². The zero-order valence-corrected chi connectivity index (χ0v) is 15.4. The normalized spacial score (nSPS) is 11.4. The molecule has 0 spiro atoms. The lowest BCUT2D eigenvalue weighted by molar-refractivity contribution is 0.0956. The van der Waals surface area contributed by atoms with Crippen molar-refractivity contribution in [2.24, 2.45) is 5.10 Å². The Morgan fingerprint density at radius 1 is 1.07 bits per heavy atom. The van der Waals surface area contributed by atoms with Crippen molar-refractivity contribution < 1.29 is 17.6 Å². The standard InChI is InChI=1S/C18H14FN3O3S2/c19-14-6-3-5-13(11-14)12-20-21-18(23)15-7-1-2-8-16(15)22-27(24,25)17-9-4-10-26-17/h1-12,22H,(H,21,23). The lowest BCUT2D eigenvalue weighted by atomic mass is 10.2. The molecule has 27 heavy (non-hydrogen) atoms. The number of hydrogen-bond donors (Lipinski definition) is 2. The van der Waals surface area contributed by atoms with Crippen LogP contribution in [0.5, 0.6) is 0 Å². The van der Waals surface area contributed by atoms with Gasteiger partial charge in [-0.15, -0.1) is 11.3 Å². The molecular weight excluding hydrogens is 389 g/mol. The number of hydrazone groups is 1. The van der Waals surface area contributed by atoms with E-state index in [1.165, 1.54) is 42.6 Å². The fourth-order valence-electron chi connectivity index (χ4n) is 2.19. The van der Waals surface area contributed by atoms with Gasteiger partial charge in [-0.05, 0) is 41.3 Å². The second kappa shape index (κ2) is 8.11. The molecule has 0 unspecified atom stereocenters. The van der Waals surface area contributed by atoms with Crippen LogP contribution in [0.3, 0.4) is 0 Å². The third-order valence-electron chi connectivity index (χ3n) is 3.40. The SMILES string of the molecule is O=C(NN=Cc1cccc(F)c1)c1ccccc1NS(=O)(=O)c1cccs1. The van der Waals surface area contributed by atoms with Crippen LogP contribution in [-0.4, -0.2) is 20.5 Å². The molecule has 138 valence electrons. The van der Waals surface area contributed by atoms with E-state index in [1.54, 1.807) is 29.6 Å². The number of hydrogen-bond acceptors (Lipinski definition) is 5. The topological polar surface area (TPSA) is 87.6 Å². The number of para-hydroxylation sites is 1. The maximum absolute atomic E-state index is 13.1. The third-order valence-corrected chi connectivity index (χ3v) is 6.17. The van der Waals surface area contributed by atoms with Crippen LogP contribution < -0.4 is 10.1 Å². The van der Waals surface area contributed by atoms with Crippen LogP contribution in [0.1, 0.15) is 15.9 Å². The largest absolute Gasteiger partial charge is 0.278 e. The van der Waals surface area contributed by atoms with Crippen LogP contribution in [0.15, 0.2) is 75.4 Å².